The Morgan fingerprint density at radius 2 is 1.76 bits per heavy atom. The van der Waals surface area contributed by atoms with Gasteiger partial charge in [-0.1, -0.05) is 60.7 Å². The van der Waals surface area contributed by atoms with Crippen LogP contribution >= 0.6 is 0 Å². The van der Waals surface area contributed by atoms with Gasteiger partial charge >= 0.3 is 0 Å². The Kier molecular flexibility index (Phi) is 5.07. The molecule has 0 unspecified atom stereocenters. The number of hydrogen-bond acceptors (Lipinski definition) is 5. The first-order valence-corrected chi connectivity index (χ1v) is 11.8. The van der Waals surface area contributed by atoms with Crippen LogP contribution in [-0.2, 0) is 6.54 Å². The van der Waals surface area contributed by atoms with Crippen molar-refractivity contribution in [1.29, 1.82) is 0 Å². The minimum Gasteiger partial charge on any atom is -0.497 e. The molecule has 0 aromatic heterocycles. The highest BCUT2D eigenvalue weighted by atomic mass is 16.5. The van der Waals surface area contributed by atoms with Crippen LogP contribution in [0, 0.1) is 0 Å². The van der Waals surface area contributed by atoms with E-state index in [1.165, 1.54) is 11.1 Å². The molecule has 5 nitrogen and oxygen atoms in total. The third-order valence-corrected chi connectivity index (χ3v) is 7.20. The molecule has 33 heavy (non-hydrogen) atoms. The fourth-order valence-corrected chi connectivity index (χ4v) is 5.44. The van der Waals surface area contributed by atoms with Crippen LogP contribution in [0.15, 0.2) is 84.0 Å². The molecule has 0 radical (unpaired) electrons. The minimum absolute atomic E-state index is 0.205. The van der Waals surface area contributed by atoms with E-state index in [1.807, 2.05) is 12.1 Å². The van der Waals surface area contributed by atoms with Crippen molar-refractivity contribution in [2.45, 2.75) is 37.6 Å². The van der Waals surface area contributed by atoms with Gasteiger partial charge in [-0.2, -0.15) is 5.10 Å². The molecule has 0 amide bonds. The van der Waals surface area contributed by atoms with Crippen LogP contribution in [0.2, 0.25) is 0 Å². The molecule has 168 valence electrons. The van der Waals surface area contributed by atoms with Crippen LogP contribution < -0.4 is 9.47 Å². The van der Waals surface area contributed by atoms with Gasteiger partial charge in [-0.05, 0) is 23.8 Å². The third kappa shape index (κ3) is 3.66. The summed E-state index contributed by atoms with van der Waals surface area (Å²) in [5.41, 5.74) is 4.42. The lowest BCUT2D eigenvalue weighted by atomic mass is 9.90. The minimum atomic E-state index is -0.396. The monoisotopic (exact) mass is 439 g/mol. The smallest absolute Gasteiger partial charge is 0.200 e. The Bertz CT molecular complexity index is 1170. The molecule has 0 saturated carbocycles. The number of hydrogen-bond donors (Lipinski definition) is 0. The Morgan fingerprint density at radius 1 is 0.970 bits per heavy atom. The van der Waals surface area contributed by atoms with Gasteiger partial charge in [-0.3, -0.25) is 4.90 Å². The molecule has 3 heterocycles. The molecule has 0 bridgehead atoms. The number of fused-ring (bicyclic) bond motifs is 4. The Labute approximate surface area is 195 Å². The van der Waals surface area contributed by atoms with Gasteiger partial charge in [0, 0.05) is 50.0 Å². The Hall–Kier alpha value is -3.31. The van der Waals surface area contributed by atoms with Gasteiger partial charge in [0.2, 0.25) is 5.72 Å². The maximum Gasteiger partial charge on any atom is 0.200 e. The summed E-state index contributed by atoms with van der Waals surface area (Å²) < 4.78 is 12.2. The van der Waals surface area contributed by atoms with E-state index in [0.29, 0.717) is 0 Å². The van der Waals surface area contributed by atoms with Crippen molar-refractivity contribution >= 4 is 5.71 Å². The molecule has 1 fully saturated rings. The van der Waals surface area contributed by atoms with E-state index < -0.39 is 5.72 Å². The zero-order valence-corrected chi connectivity index (χ0v) is 19.0. The first kappa shape index (κ1) is 20.3. The largest absolute Gasteiger partial charge is 0.497 e. The zero-order chi connectivity index (χ0) is 22.3. The van der Waals surface area contributed by atoms with E-state index in [0.717, 1.165) is 61.7 Å². The van der Waals surface area contributed by atoms with Gasteiger partial charge < -0.3 is 9.47 Å². The molecular weight excluding hydrogens is 410 g/mol. The van der Waals surface area contributed by atoms with Gasteiger partial charge in [0.25, 0.3) is 0 Å². The lowest BCUT2D eigenvalue weighted by Gasteiger charge is -2.51. The average molecular weight is 440 g/mol. The highest BCUT2D eigenvalue weighted by Gasteiger charge is 2.51. The fraction of sp³-hybridized carbons (Fsp3) is 0.321. The van der Waals surface area contributed by atoms with Crippen molar-refractivity contribution in [3.05, 3.63) is 95.6 Å². The lowest BCUT2D eigenvalue weighted by molar-refractivity contribution is -0.150. The molecule has 3 aromatic carbocycles. The highest BCUT2D eigenvalue weighted by molar-refractivity contribution is 6.02. The third-order valence-electron chi connectivity index (χ3n) is 7.20. The van der Waals surface area contributed by atoms with Gasteiger partial charge in [0.1, 0.15) is 11.5 Å². The summed E-state index contributed by atoms with van der Waals surface area (Å²) >= 11 is 0. The molecular formula is C28H29N3O2. The number of para-hydroxylation sites is 1. The van der Waals surface area contributed by atoms with Gasteiger partial charge in [-0.15, -0.1) is 0 Å². The SMILES string of the molecule is COc1cccc(C2=NN3[C@@H](C2)c2ccccc2OC32CCN(Cc3ccccc3)CC2)c1. The number of benzene rings is 3. The van der Waals surface area contributed by atoms with Crippen molar-refractivity contribution in [3.63, 3.8) is 0 Å². The van der Waals surface area contributed by atoms with Crippen LogP contribution in [0.1, 0.15) is 42.0 Å². The second kappa shape index (κ2) is 8.23. The first-order chi connectivity index (χ1) is 16.2. The summed E-state index contributed by atoms with van der Waals surface area (Å²) in [6, 6.07) is 27.6. The van der Waals surface area contributed by atoms with E-state index in [4.69, 9.17) is 14.6 Å². The fourth-order valence-electron chi connectivity index (χ4n) is 5.44. The zero-order valence-electron chi connectivity index (χ0n) is 19.0. The molecule has 5 heteroatoms. The first-order valence-electron chi connectivity index (χ1n) is 11.8. The van der Waals surface area contributed by atoms with E-state index in [2.05, 4.69) is 76.6 Å². The summed E-state index contributed by atoms with van der Waals surface area (Å²) in [5.74, 6) is 1.87. The van der Waals surface area contributed by atoms with E-state index in [9.17, 15) is 0 Å². The molecule has 0 N–H and O–H groups in total. The van der Waals surface area contributed by atoms with Crippen molar-refractivity contribution in [3.8, 4) is 11.5 Å². The predicted molar refractivity (Wildman–Crippen MR) is 129 cm³/mol. The molecule has 1 atom stereocenters. The summed E-state index contributed by atoms with van der Waals surface area (Å²) in [6.07, 6.45) is 2.74. The summed E-state index contributed by atoms with van der Waals surface area (Å²) in [4.78, 5) is 2.53. The summed E-state index contributed by atoms with van der Waals surface area (Å²) in [6.45, 7) is 2.96. The van der Waals surface area contributed by atoms with Crippen LogP contribution in [0.3, 0.4) is 0 Å². The number of ether oxygens (including phenoxy) is 2. The topological polar surface area (TPSA) is 37.3 Å². The van der Waals surface area contributed by atoms with E-state index in [1.54, 1.807) is 7.11 Å². The number of rotatable bonds is 4. The number of likely N-dealkylation sites (tertiary alicyclic amines) is 1. The standard InChI is InChI=1S/C28H29N3O2/c1-32-23-11-7-10-22(18-23)25-19-26-24-12-5-6-13-27(24)33-28(31(26)29-25)14-16-30(17-15-28)20-21-8-3-2-4-9-21/h2-13,18,26H,14-17,19-20H2,1H3/t26-/m0/s1. The predicted octanol–water partition coefficient (Wildman–Crippen LogP) is 5.23. The van der Waals surface area contributed by atoms with Crippen LogP contribution in [0.4, 0.5) is 0 Å². The number of nitrogens with zero attached hydrogens (tertiary/aromatic N) is 3. The summed E-state index contributed by atoms with van der Waals surface area (Å²) in [7, 11) is 1.71. The molecule has 3 aliphatic rings. The molecule has 1 spiro atoms. The second-order valence-corrected chi connectivity index (χ2v) is 9.19. The molecule has 3 aromatic rings. The number of piperidine rings is 1. The second-order valence-electron chi connectivity index (χ2n) is 9.19. The van der Waals surface area contributed by atoms with E-state index >= 15 is 0 Å². The Morgan fingerprint density at radius 3 is 2.58 bits per heavy atom. The van der Waals surface area contributed by atoms with Crippen LogP contribution in [0.25, 0.3) is 0 Å². The molecule has 6 rings (SSSR count). The van der Waals surface area contributed by atoms with E-state index in [-0.39, 0.29) is 6.04 Å². The van der Waals surface area contributed by atoms with Gasteiger partial charge in [0.15, 0.2) is 0 Å². The van der Waals surface area contributed by atoms with Crippen molar-refractivity contribution < 1.29 is 9.47 Å². The van der Waals surface area contributed by atoms with Crippen LogP contribution in [-0.4, -0.2) is 41.5 Å². The van der Waals surface area contributed by atoms with Crippen LogP contribution in [0.5, 0.6) is 11.5 Å². The van der Waals surface area contributed by atoms with Crippen molar-refractivity contribution in [2.24, 2.45) is 5.10 Å². The highest BCUT2D eigenvalue weighted by Crippen LogP contribution is 2.50. The van der Waals surface area contributed by atoms with Crippen molar-refractivity contribution in [1.82, 2.24) is 9.91 Å². The normalized spacial score (nSPS) is 21.2. The Balaban J connectivity index is 1.30. The van der Waals surface area contributed by atoms with Gasteiger partial charge in [-0.25, -0.2) is 5.01 Å². The summed E-state index contributed by atoms with van der Waals surface area (Å²) in [5, 5.41) is 7.47. The quantitative estimate of drug-likeness (QED) is 0.558. The maximum atomic E-state index is 6.77. The molecule has 1 saturated heterocycles. The van der Waals surface area contributed by atoms with Crippen molar-refractivity contribution in [2.75, 3.05) is 20.2 Å². The number of methoxy groups -OCH3 is 1. The van der Waals surface area contributed by atoms with Gasteiger partial charge in [0.05, 0.1) is 18.9 Å². The molecule has 3 aliphatic heterocycles. The average Bonchev–Trinajstić information content (AvgIpc) is 3.33. The maximum absolute atomic E-state index is 6.77. The molecule has 0 aliphatic carbocycles. The number of hydrazone groups is 1. The lowest BCUT2D eigenvalue weighted by Crippen LogP contribution is -2.59.